The molecule has 2 aromatic carbocycles. The monoisotopic (exact) mass is 288 g/mol. The first-order chi connectivity index (χ1) is 9.56. The molecule has 3 N–H and O–H groups in total. The van der Waals surface area contributed by atoms with Gasteiger partial charge in [0, 0.05) is 23.2 Å². The SMILES string of the molecule is Cc1ccc(NC(=O)CC(N)c2ccccc2)cc1Cl. The Bertz CT molecular complexity index is 599. The highest BCUT2D eigenvalue weighted by Crippen LogP contribution is 2.21. The molecule has 4 heteroatoms. The maximum atomic E-state index is 12.0. The van der Waals surface area contributed by atoms with Gasteiger partial charge in [-0.2, -0.15) is 0 Å². The van der Waals surface area contributed by atoms with E-state index >= 15 is 0 Å². The number of hydrogen-bond donors (Lipinski definition) is 2. The van der Waals surface area contributed by atoms with E-state index in [1.807, 2.05) is 49.4 Å². The molecule has 0 radical (unpaired) electrons. The first kappa shape index (κ1) is 14.6. The highest BCUT2D eigenvalue weighted by atomic mass is 35.5. The minimum absolute atomic E-state index is 0.124. The van der Waals surface area contributed by atoms with E-state index in [-0.39, 0.29) is 18.4 Å². The zero-order valence-corrected chi connectivity index (χ0v) is 12.0. The number of nitrogens with two attached hydrogens (primary N) is 1. The molecule has 0 aliphatic rings. The van der Waals surface area contributed by atoms with Gasteiger partial charge in [0.25, 0.3) is 0 Å². The fourth-order valence-corrected chi connectivity index (χ4v) is 2.08. The summed E-state index contributed by atoms with van der Waals surface area (Å²) in [5, 5.41) is 3.44. The molecule has 0 bridgehead atoms. The summed E-state index contributed by atoms with van der Waals surface area (Å²) in [4.78, 5) is 12.0. The third kappa shape index (κ3) is 3.83. The van der Waals surface area contributed by atoms with Gasteiger partial charge in [-0.25, -0.2) is 0 Å². The number of anilines is 1. The smallest absolute Gasteiger partial charge is 0.226 e. The standard InChI is InChI=1S/C16H17ClN2O/c1-11-7-8-13(9-14(11)17)19-16(20)10-15(18)12-5-3-2-4-6-12/h2-9,15H,10,18H2,1H3,(H,19,20). The maximum Gasteiger partial charge on any atom is 0.226 e. The summed E-state index contributed by atoms with van der Waals surface area (Å²) in [5.74, 6) is -0.124. The van der Waals surface area contributed by atoms with Crippen LogP contribution in [0, 0.1) is 6.92 Å². The van der Waals surface area contributed by atoms with Gasteiger partial charge in [0.1, 0.15) is 0 Å². The molecule has 0 aliphatic carbocycles. The lowest BCUT2D eigenvalue weighted by atomic mass is 10.0. The zero-order chi connectivity index (χ0) is 14.5. The van der Waals surface area contributed by atoms with Crippen molar-refractivity contribution < 1.29 is 4.79 Å². The lowest BCUT2D eigenvalue weighted by Gasteiger charge is -2.12. The molecule has 0 fully saturated rings. The van der Waals surface area contributed by atoms with Crippen molar-refractivity contribution in [2.45, 2.75) is 19.4 Å². The molecule has 20 heavy (non-hydrogen) atoms. The van der Waals surface area contributed by atoms with Gasteiger partial charge in [0.2, 0.25) is 5.91 Å². The molecule has 0 saturated carbocycles. The van der Waals surface area contributed by atoms with Crippen LogP contribution in [-0.2, 0) is 4.79 Å². The average molecular weight is 289 g/mol. The number of aryl methyl sites for hydroxylation is 1. The van der Waals surface area contributed by atoms with Crippen LogP contribution in [0.3, 0.4) is 0 Å². The van der Waals surface area contributed by atoms with E-state index in [1.54, 1.807) is 6.07 Å². The topological polar surface area (TPSA) is 55.1 Å². The van der Waals surface area contributed by atoms with Crippen LogP contribution < -0.4 is 11.1 Å². The molecule has 104 valence electrons. The van der Waals surface area contributed by atoms with Crippen molar-refractivity contribution in [3.05, 3.63) is 64.7 Å². The van der Waals surface area contributed by atoms with Crippen molar-refractivity contribution >= 4 is 23.2 Å². The summed E-state index contributed by atoms with van der Waals surface area (Å²) >= 11 is 6.02. The van der Waals surface area contributed by atoms with Crippen LogP contribution in [0.15, 0.2) is 48.5 Å². The lowest BCUT2D eigenvalue weighted by molar-refractivity contribution is -0.116. The van der Waals surface area contributed by atoms with Gasteiger partial charge in [0.05, 0.1) is 0 Å². The number of nitrogens with one attached hydrogen (secondary N) is 1. The number of halogens is 1. The predicted molar refractivity (Wildman–Crippen MR) is 82.8 cm³/mol. The second-order valence-corrected chi connectivity index (χ2v) is 5.14. The molecule has 1 unspecified atom stereocenters. The molecular weight excluding hydrogens is 272 g/mol. The average Bonchev–Trinajstić information content (AvgIpc) is 2.44. The third-order valence-corrected chi connectivity index (χ3v) is 3.50. The summed E-state index contributed by atoms with van der Waals surface area (Å²) in [6.07, 6.45) is 0.232. The Hall–Kier alpha value is -1.84. The molecule has 1 amide bonds. The fourth-order valence-electron chi connectivity index (χ4n) is 1.90. The normalized spacial score (nSPS) is 11.9. The molecule has 0 spiro atoms. The molecule has 0 saturated heterocycles. The highest BCUT2D eigenvalue weighted by Gasteiger charge is 2.11. The first-order valence-corrected chi connectivity index (χ1v) is 6.80. The van der Waals surface area contributed by atoms with Crippen molar-refractivity contribution in [2.75, 3.05) is 5.32 Å². The number of hydrogen-bond acceptors (Lipinski definition) is 2. The van der Waals surface area contributed by atoms with Crippen LogP contribution in [0.5, 0.6) is 0 Å². The second kappa shape index (κ2) is 6.55. The number of carbonyl (C=O) groups is 1. The van der Waals surface area contributed by atoms with Crippen molar-refractivity contribution in [1.29, 1.82) is 0 Å². The Balaban J connectivity index is 1.97. The zero-order valence-electron chi connectivity index (χ0n) is 11.3. The van der Waals surface area contributed by atoms with E-state index < -0.39 is 0 Å². The number of carbonyl (C=O) groups excluding carboxylic acids is 1. The second-order valence-electron chi connectivity index (χ2n) is 4.73. The summed E-state index contributed by atoms with van der Waals surface area (Å²) in [6.45, 7) is 1.92. The van der Waals surface area contributed by atoms with Crippen molar-refractivity contribution in [3.63, 3.8) is 0 Å². The Kier molecular flexibility index (Phi) is 4.77. The van der Waals surface area contributed by atoms with Crippen LogP contribution in [0.4, 0.5) is 5.69 Å². The molecule has 1 atom stereocenters. The van der Waals surface area contributed by atoms with E-state index in [4.69, 9.17) is 17.3 Å². The largest absolute Gasteiger partial charge is 0.326 e. The summed E-state index contributed by atoms with van der Waals surface area (Å²) in [7, 11) is 0. The Morgan fingerprint density at radius 1 is 1.25 bits per heavy atom. The Morgan fingerprint density at radius 2 is 1.95 bits per heavy atom. The third-order valence-electron chi connectivity index (χ3n) is 3.09. The highest BCUT2D eigenvalue weighted by molar-refractivity contribution is 6.31. The van der Waals surface area contributed by atoms with Gasteiger partial charge in [0.15, 0.2) is 0 Å². The minimum atomic E-state index is -0.308. The van der Waals surface area contributed by atoms with Crippen LogP contribution in [-0.4, -0.2) is 5.91 Å². The van der Waals surface area contributed by atoms with Gasteiger partial charge >= 0.3 is 0 Å². The van der Waals surface area contributed by atoms with E-state index in [0.717, 1.165) is 11.1 Å². The minimum Gasteiger partial charge on any atom is -0.326 e. The molecule has 2 aromatic rings. The Morgan fingerprint density at radius 3 is 2.60 bits per heavy atom. The van der Waals surface area contributed by atoms with Gasteiger partial charge in [-0.1, -0.05) is 48.0 Å². The lowest BCUT2D eigenvalue weighted by Crippen LogP contribution is -2.20. The van der Waals surface area contributed by atoms with Crippen LogP contribution >= 0.6 is 11.6 Å². The molecule has 3 nitrogen and oxygen atoms in total. The quantitative estimate of drug-likeness (QED) is 0.902. The van der Waals surface area contributed by atoms with Crippen LogP contribution in [0.25, 0.3) is 0 Å². The summed E-state index contributed by atoms with van der Waals surface area (Å²) in [6, 6.07) is 14.7. The molecular formula is C16H17ClN2O. The van der Waals surface area contributed by atoms with E-state index in [1.165, 1.54) is 0 Å². The summed E-state index contributed by atoms with van der Waals surface area (Å²) < 4.78 is 0. The Labute approximate surface area is 123 Å². The van der Waals surface area contributed by atoms with E-state index in [0.29, 0.717) is 10.7 Å². The maximum absolute atomic E-state index is 12.0. The number of amides is 1. The molecule has 0 aromatic heterocycles. The van der Waals surface area contributed by atoms with Crippen molar-refractivity contribution in [2.24, 2.45) is 5.73 Å². The van der Waals surface area contributed by atoms with Gasteiger partial charge < -0.3 is 11.1 Å². The van der Waals surface area contributed by atoms with Crippen molar-refractivity contribution in [1.82, 2.24) is 0 Å². The van der Waals surface area contributed by atoms with Crippen molar-refractivity contribution in [3.8, 4) is 0 Å². The first-order valence-electron chi connectivity index (χ1n) is 6.43. The fraction of sp³-hybridized carbons (Fsp3) is 0.188. The summed E-state index contributed by atoms with van der Waals surface area (Å²) in [5.41, 5.74) is 8.63. The van der Waals surface area contributed by atoms with E-state index in [2.05, 4.69) is 5.32 Å². The van der Waals surface area contributed by atoms with Gasteiger partial charge in [-0.15, -0.1) is 0 Å². The van der Waals surface area contributed by atoms with Crippen LogP contribution in [0.2, 0.25) is 5.02 Å². The van der Waals surface area contributed by atoms with Crippen LogP contribution in [0.1, 0.15) is 23.6 Å². The predicted octanol–water partition coefficient (Wildman–Crippen LogP) is 3.68. The number of rotatable bonds is 4. The molecule has 0 heterocycles. The molecule has 0 aliphatic heterocycles. The van der Waals surface area contributed by atoms with E-state index in [9.17, 15) is 4.79 Å². The van der Waals surface area contributed by atoms with Gasteiger partial charge in [-0.05, 0) is 30.2 Å². The molecule has 2 rings (SSSR count). The number of benzene rings is 2. The van der Waals surface area contributed by atoms with Gasteiger partial charge in [-0.3, -0.25) is 4.79 Å².